The molecule has 2 aromatic carbocycles. The van der Waals surface area contributed by atoms with E-state index in [0.29, 0.717) is 41.7 Å². The summed E-state index contributed by atoms with van der Waals surface area (Å²) < 4.78 is 56.8. The van der Waals surface area contributed by atoms with Crippen molar-refractivity contribution in [2.75, 3.05) is 20.3 Å². The highest BCUT2D eigenvalue weighted by molar-refractivity contribution is 7.91. The topological polar surface area (TPSA) is 221 Å². The van der Waals surface area contributed by atoms with E-state index in [2.05, 4.69) is 6.58 Å². The van der Waals surface area contributed by atoms with Crippen LogP contribution in [0.1, 0.15) is 70.2 Å². The molecule has 61 heavy (non-hydrogen) atoms. The van der Waals surface area contributed by atoms with Crippen LogP contribution in [0.15, 0.2) is 73.2 Å². The summed E-state index contributed by atoms with van der Waals surface area (Å²) in [5, 5.41) is 22.0. The molecule has 0 saturated carbocycles. The van der Waals surface area contributed by atoms with Crippen molar-refractivity contribution in [3.63, 3.8) is 0 Å². The van der Waals surface area contributed by atoms with E-state index in [0.717, 1.165) is 12.2 Å². The predicted molar refractivity (Wildman–Crippen MR) is 226 cm³/mol. The summed E-state index contributed by atoms with van der Waals surface area (Å²) in [6, 6.07) is 6.04. The van der Waals surface area contributed by atoms with Crippen molar-refractivity contribution in [1.29, 1.82) is 0 Å². The number of aliphatic hydroxyl groups is 2. The number of hydrogen-bond donors (Lipinski definition) is 2. The molecule has 0 bridgehead atoms. The molecule has 0 amide bonds. The number of aryl methyl sites for hydroxylation is 4. The Hall–Kier alpha value is -5.30. The lowest BCUT2D eigenvalue weighted by Crippen LogP contribution is -2.56. The number of rotatable bonds is 20. The minimum atomic E-state index is -3.97. The number of esters is 2. The van der Waals surface area contributed by atoms with Crippen LogP contribution in [0.3, 0.4) is 0 Å². The Morgan fingerprint density at radius 2 is 1.21 bits per heavy atom. The summed E-state index contributed by atoms with van der Waals surface area (Å²) in [7, 11) is -2.53. The predicted octanol–water partition coefficient (Wildman–Crippen LogP) is 3.25. The van der Waals surface area contributed by atoms with Crippen LogP contribution in [-0.2, 0) is 53.3 Å². The van der Waals surface area contributed by atoms with Crippen LogP contribution >= 0.6 is 0 Å². The van der Waals surface area contributed by atoms with Gasteiger partial charge in [0.2, 0.25) is 9.84 Å². The van der Waals surface area contributed by atoms with E-state index >= 15 is 0 Å². The second-order valence-corrected chi connectivity index (χ2v) is 18.4. The molecule has 3 rings (SSSR count). The first-order chi connectivity index (χ1) is 28.2. The normalized spacial score (nSPS) is 13.7. The molecule has 3 unspecified atom stereocenters. The maximum atomic E-state index is 13.8. The zero-order valence-electron chi connectivity index (χ0n) is 36.8. The zero-order valence-corrected chi connectivity index (χ0v) is 37.6. The minimum absolute atomic E-state index is 0.0292. The molecule has 336 valence electrons. The molecule has 0 aliphatic rings. The smallest absolute Gasteiger partial charge is 0.336 e. The number of aromatic nitrogens is 3. The van der Waals surface area contributed by atoms with Crippen LogP contribution in [0.4, 0.5) is 0 Å². The molecule has 3 atom stereocenters. The number of hydrogen-bond acceptors (Lipinski definition) is 14. The lowest BCUT2D eigenvalue weighted by atomic mass is 10.0. The quantitative estimate of drug-likeness (QED) is 0.0946. The fourth-order valence-corrected chi connectivity index (χ4v) is 8.12. The molecule has 0 aliphatic heterocycles. The van der Waals surface area contributed by atoms with Crippen molar-refractivity contribution in [3.8, 4) is 11.5 Å². The van der Waals surface area contributed by atoms with Crippen LogP contribution in [0.5, 0.6) is 11.5 Å². The van der Waals surface area contributed by atoms with Gasteiger partial charge in [0, 0.05) is 25.7 Å². The Kier molecular flexibility index (Phi) is 16.8. The van der Waals surface area contributed by atoms with Gasteiger partial charge in [-0.05, 0) is 116 Å². The number of aliphatic hydroxyl groups excluding tert-OH is 2. The Bertz CT molecular complexity index is 2370. The molecular weight excluding hydrogens is 815 g/mol. The first-order valence-electron chi connectivity index (χ1n) is 19.5. The monoisotopic (exact) mass is 873 g/mol. The number of allylic oxidation sites excluding steroid dienone is 1. The van der Waals surface area contributed by atoms with Gasteiger partial charge in [-0.2, -0.15) is 0 Å². The van der Waals surface area contributed by atoms with Crippen LogP contribution in [0.2, 0.25) is 0 Å². The first kappa shape index (κ1) is 50.1. The third-order valence-electron chi connectivity index (χ3n) is 8.98. The van der Waals surface area contributed by atoms with Crippen molar-refractivity contribution in [1.82, 2.24) is 13.7 Å². The lowest BCUT2D eigenvalue weighted by Gasteiger charge is -2.27. The molecule has 0 aliphatic carbocycles. The molecule has 1 heterocycles. The second-order valence-electron chi connectivity index (χ2n) is 16.5. The summed E-state index contributed by atoms with van der Waals surface area (Å²) in [4.78, 5) is 64.8. The molecule has 2 N–H and O–H groups in total. The first-order valence-corrected chi connectivity index (χ1v) is 21.0. The largest absolute Gasteiger partial charge is 0.490 e. The third kappa shape index (κ3) is 13.6. The van der Waals surface area contributed by atoms with Crippen molar-refractivity contribution in [2.24, 2.45) is 0 Å². The Labute approximate surface area is 355 Å². The van der Waals surface area contributed by atoms with Gasteiger partial charge in [-0.3, -0.25) is 0 Å². The van der Waals surface area contributed by atoms with E-state index in [9.17, 15) is 42.6 Å². The number of carbonyl (C=O) groups is 2. The molecular formula is C43H59N3O14S. The minimum Gasteiger partial charge on any atom is -0.490 e. The molecule has 3 aromatic rings. The maximum Gasteiger partial charge on any atom is 0.336 e. The van der Waals surface area contributed by atoms with Crippen LogP contribution < -0.4 is 26.5 Å². The highest BCUT2D eigenvalue weighted by atomic mass is 32.2. The summed E-state index contributed by atoms with van der Waals surface area (Å²) in [6.45, 7) is 18.9. The molecule has 0 fully saturated rings. The Morgan fingerprint density at radius 1 is 0.754 bits per heavy atom. The average molecular weight is 874 g/mol. The van der Waals surface area contributed by atoms with E-state index in [1.807, 2.05) is 20.8 Å². The van der Waals surface area contributed by atoms with Crippen LogP contribution in [0, 0.1) is 27.7 Å². The molecule has 18 heteroatoms. The molecule has 17 nitrogen and oxygen atoms in total. The van der Waals surface area contributed by atoms with Gasteiger partial charge in [0.15, 0.2) is 0 Å². The van der Waals surface area contributed by atoms with Crippen LogP contribution in [0.25, 0.3) is 0 Å². The Morgan fingerprint density at radius 3 is 1.69 bits per heavy atom. The van der Waals surface area contributed by atoms with Gasteiger partial charge in [-0.25, -0.2) is 46.1 Å². The Balaban J connectivity index is 1.79. The fraction of sp³-hybridized carbons (Fsp3) is 0.512. The van der Waals surface area contributed by atoms with Gasteiger partial charge in [-0.15, -0.1) is 6.58 Å². The SMILES string of the molecule is C=CCn1c(=O)n(CC(O)COc2c(C)cc(S(=O)(=O)c3cc(C)c(OC(C)(C)C)c(C)c3)cc2C)c(=O)n(CC(O)CC(C)(C)OC(=O)/C=C\C(=O)OC(C)COC)c1=O. The number of methoxy groups -OCH3 is 1. The number of nitrogens with zero attached hydrogens (tertiary/aromatic N) is 3. The van der Waals surface area contributed by atoms with Crippen molar-refractivity contribution >= 4 is 21.8 Å². The highest BCUT2D eigenvalue weighted by Gasteiger charge is 2.29. The van der Waals surface area contributed by atoms with Gasteiger partial charge >= 0.3 is 29.0 Å². The number of carbonyl (C=O) groups excluding carboxylic acids is 2. The third-order valence-corrected chi connectivity index (χ3v) is 10.7. The standard InChI is InChI=1S/C43H59N3O14S/c1-13-16-44-39(51)45(22-31(47)21-43(10,11)59-36(50)15-14-35(49)58-30(6)24-56-12)41(53)46(40(44)52)23-32(48)25-57-37-26(2)17-33(18-27(37)3)61(54,55)34-19-28(4)38(29(5)20-34)60-42(7,8)9/h13-15,17-20,30-32,47-48H,1,16,21-25H2,2-12H3/b15-14-. The van der Waals surface area contributed by atoms with E-state index in [1.165, 1.54) is 39.2 Å². The van der Waals surface area contributed by atoms with Gasteiger partial charge in [0.1, 0.15) is 41.5 Å². The average Bonchev–Trinajstić information content (AvgIpc) is 3.13. The van der Waals surface area contributed by atoms with E-state index in [-0.39, 0.29) is 35.1 Å². The molecule has 0 saturated heterocycles. The molecule has 0 spiro atoms. The fourth-order valence-electron chi connectivity index (χ4n) is 6.52. The summed E-state index contributed by atoms with van der Waals surface area (Å²) in [5.74, 6) is -0.836. The summed E-state index contributed by atoms with van der Waals surface area (Å²) in [6.07, 6.45) is -0.773. The van der Waals surface area contributed by atoms with Crippen molar-refractivity contribution in [3.05, 3.63) is 103 Å². The van der Waals surface area contributed by atoms with Crippen molar-refractivity contribution in [2.45, 2.75) is 135 Å². The second kappa shape index (κ2) is 20.5. The highest BCUT2D eigenvalue weighted by Crippen LogP contribution is 2.34. The summed E-state index contributed by atoms with van der Waals surface area (Å²) in [5.41, 5.74) is -2.83. The van der Waals surface area contributed by atoms with E-state index < -0.39 is 88.1 Å². The van der Waals surface area contributed by atoms with Crippen LogP contribution in [-0.4, -0.2) is 94.1 Å². The van der Waals surface area contributed by atoms with Crippen molar-refractivity contribution < 1.29 is 51.9 Å². The van der Waals surface area contributed by atoms with Gasteiger partial charge < -0.3 is 33.9 Å². The van der Waals surface area contributed by atoms with E-state index in [1.54, 1.807) is 46.8 Å². The van der Waals surface area contributed by atoms with Gasteiger partial charge in [0.05, 0.1) is 42.1 Å². The lowest BCUT2D eigenvalue weighted by molar-refractivity contribution is -0.153. The zero-order chi connectivity index (χ0) is 46.2. The van der Waals surface area contributed by atoms with Gasteiger partial charge in [-0.1, -0.05) is 6.08 Å². The summed E-state index contributed by atoms with van der Waals surface area (Å²) >= 11 is 0. The number of ether oxygens (including phenoxy) is 5. The number of benzene rings is 2. The molecule has 1 aromatic heterocycles. The number of sulfone groups is 1. The maximum absolute atomic E-state index is 13.8. The van der Waals surface area contributed by atoms with Gasteiger partial charge in [0.25, 0.3) is 0 Å². The molecule has 0 radical (unpaired) electrons. The van der Waals surface area contributed by atoms with E-state index in [4.69, 9.17) is 23.7 Å².